The van der Waals surface area contributed by atoms with Crippen molar-refractivity contribution in [3.8, 4) is 0 Å². The number of nitrogens with one attached hydrogen (secondary N) is 1. The Morgan fingerprint density at radius 3 is 2.89 bits per heavy atom. The molecule has 0 saturated carbocycles. The van der Waals surface area contributed by atoms with Gasteiger partial charge < -0.3 is 4.98 Å². The van der Waals surface area contributed by atoms with Gasteiger partial charge in [-0.1, -0.05) is 38.0 Å². The van der Waals surface area contributed by atoms with Crippen LogP contribution in [0.5, 0.6) is 0 Å². The van der Waals surface area contributed by atoms with E-state index in [-0.39, 0.29) is 17.4 Å². The number of fused-ring (bicyclic) bond motifs is 1. The number of nitrogens with zero attached hydrogens (tertiary/aromatic N) is 1. The number of hydrogen-bond acceptors (Lipinski definition) is 2. The average molecular weight is 246 g/mol. The SMILES string of the molecule is CCCCC(C[N+](=O)[O-])c1c[nH]c2ccccc12. The van der Waals surface area contributed by atoms with Crippen LogP contribution in [0.1, 0.15) is 37.7 Å². The van der Waals surface area contributed by atoms with E-state index in [2.05, 4.69) is 11.9 Å². The number of aromatic amines is 1. The fraction of sp³-hybridized carbons (Fsp3) is 0.429. The summed E-state index contributed by atoms with van der Waals surface area (Å²) < 4.78 is 0. The maximum Gasteiger partial charge on any atom is 0.210 e. The first-order valence-electron chi connectivity index (χ1n) is 6.40. The molecule has 0 aliphatic heterocycles. The summed E-state index contributed by atoms with van der Waals surface area (Å²) in [5.41, 5.74) is 2.13. The van der Waals surface area contributed by atoms with Crippen LogP contribution in [0, 0.1) is 10.1 Å². The van der Waals surface area contributed by atoms with Crippen molar-refractivity contribution in [1.82, 2.24) is 4.98 Å². The van der Waals surface area contributed by atoms with Crippen LogP contribution in [-0.2, 0) is 0 Å². The van der Waals surface area contributed by atoms with Crippen LogP contribution >= 0.6 is 0 Å². The van der Waals surface area contributed by atoms with E-state index in [0.717, 1.165) is 35.7 Å². The Kier molecular flexibility index (Phi) is 3.97. The molecule has 0 fully saturated rings. The Bertz CT molecular complexity index is 533. The van der Waals surface area contributed by atoms with Crippen molar-refractivity contribution in [3.05, 3.63) is 46.1 Å². The molecule has 0 aliphatic carbocycles. The summed E-state index contributed by atoms with van der Waals surface area (Å²) in [6, 6.07) is 7.97. The summed E-state index contributed by atoms with van der Waals surface area (Å²) in [6.45, 7) is 2.13. The minimum Gasteiger partial charge on any atom is -0.361 e. The first-order valence-corrected chi connectivity index (χ1v) is 6.40. The summed E-state index contributed by atoms with van der Waals surface area (Å²) in [7, 11) is 0. The average Bonchev–Trinajstić information content (AvgIpc) is 2.78. The largest absolute Gasteiger partial charge is 0.361 e. The molecule has 1 unspecified atom stereocenters. The van der Waals surface area contributed by atoms with Crippen molar-refractivity contribution in [3.63, 3.8) is 0 Å². The molecule has 0 amide bonds. The zero-order chi connectivity index (χ0) is 13.0. The van der Waals surface area contributed by atoms with Gasteiger partial charge in [0.2, 0.25) is 6.54 Å². The van der Waals surface area contributed by atoms with Gasteiger partial charge in [0.05, 0.1) is 5.92 Å². The van der Waals surface area contributed by atoms with Gasteiger partial charge in [0.15, 0.2) is 0 Å². The summed E-state index contributed by atoms with van der Waals surface area (Å²) in [5, 5.41) is 11.9. The highest BCUT2D eigenvalue weighted by molar-refractivity contribution is 5.83. The van der Waals surface area contributed by atoms with Crippen molar-refractivity contribution in [2.24, 2.45) is 0 Å². The van der Waals surface area contributed by atoms with Crippen LogP contribution in [0.25, 0.3) is 10.9 Å². The Balaban J connectivity index is 2.31. The molecule has 1 aromatic heterocycles. The van der Waals surface area contributed by atoms with Crippen molar-refractivity contribution >= 4 is 10.9 Å². The van der Waals surface area contributed by atoms with Gasteiger partial charge in [-0.3, -0.25) is 10.1 Å². The van der Waals surface area contributed by atoms with Crippen molar-refractivity contribution in [2.75, 3.05) is 6.54 Å². The normalized spacial score (nSPS) is 12.7. The van der Waals surface area contributed by atoms with Gasteiger partial charge in [-0.05, 0) is 18.1 Å². The van der Waals surface area contributed by atoms with Gasteiger partial charge in [0.25, 0.3) is 0 Å². The number of unbranched alkanes of at least 4 members (excludes halogenated alkanes) is 1. The highest BCUT2D eigenvalue weighted by Crippen LogP contribution is 2.29. The number of para-hydroxylation sites is 1. The molecule has 0 radical (unpaired) electrons. The molecule has 18 heavy (non-hydrogen) atoms. The van der Waals surface area contributed by atoms with E-state index in [1.807, 2.05) is 30.5 Å². The van der Waals surface area contributed by atoms with Gasteiger partial charge in [-0.25, -0.2) is 0 Å². The third-order valence-corrected chi connectivity index (χ3v) is 3.34. The molecular weight excluding hydrogens is 228 g/mol. The molecule has 1 heterocycles. The summed E-state index contributed by atoms with van der Waals surface area (Å²) >= 11 is 0. The molecule has 0 aliphatic rings. The van der Waals surface area contributed by atoms with E-state index in [0.29, 0.717) is 0 Å². The van der Waals surface area contributed by atoms with E-state index < -0.39 is 0 Å². The lowest BCUT2D eigenvalue weighted by Crippen LogP contribution is -2.12. The predicted molar refractivity (Wildman–Crippen MR) is 72.4 cm³/mol. The van der Waals surface area contributed by atoms with Crippen LogP contribution in [-0.4, -0.2) is 16.5 Å². The molecule has 4 heteroatoms. The first kappa shape index (κ1) is 12.6. The number of aromatic nitrogens is 1. The summed E-state index contributed by atoms with van der Waals surface area (Å²) in [4.78, 5) is 13.8. The lowest BCUT2D eigenvalue weighted by Gasteiger charge is -2.11. The fourth-order valence-electron chi connectivity index (χ4n) is 2.41. The van der Waals surface area contributed by atoms with Crippen LogP contribution in [0.15, 0.2) is 30.5 Å². The molecule has 0 saturated heterocycles. The van der Waals surface area contributed by atoms with E-state index >= 15 is 0 Å². The highest BCUT2D eigenvalue weighted by Gasteiger charge is 2.20. The third-order valence-electron chi connectivity index (χ3n) is 3.34. The van der Waals surface area contributed by atoms with Gasteiger partial charge >= 0.3 is 0 Å². The lowest BCUT2D eigenvalue weighted by atomic mass is 9.93. The maximum absolute atomic E-state index is 10.8. The number of rotatable bonds is 6. The fourth-order valence-corrected chi connectivity index (χ4v) is 2.41. The highest BCUT2D eigenvalue weighted by atomic mass is 16.6. The smallest absolute Gasteiger partial charge is 0.210 e. The van der Waals surface area contributed by atoms with Crippen molar-refractivity contribution in [2.45, 2.75) is 32.1 Å². The second kappa shape index (κ2) is 5.67. The minimum absolute atomic E-state index is 0.0103. The molecule has 0 spiro atoms. The maximum atomic E-state index is 10.8. The third kappa shape index (κ3) is 2.70. The predicted octanol–water partition coefficient (Wildman–Crippen LogP) is 3.72. The lowest BCUT2D eigenvalue weighted by molar-refractivity contribution is -0.483. The van der Waals surface area contributed by atoms with Crippen molar-refractivity contribution in [1.29, 1.82) is 0 Å². The molecule has 1 atom stereocenters. The first-order chi connectivity index (χ1) is 8.72. The zero-order valence-electron chi connectivity index (χ0n) is 10.6. The Hall–Kier alpha value is -1.84. The van der Waals surface area contributed by atoms with Crippen molar-refractivity contribution < 1.29 is 4.92 Å². The molecule has 1 aromatic carbocycles. The van der Waals surface area contributed by atoms with Gasteiger partial charge in [0, 0.05) is 22.0 Å². The van der Waals surface area contributed by atoms with Crippen LogP contribution in [0.3, 0.4) is 0 Å². The Morgan fingerprint density at radius 2 is 2.17 bits per heavy atom. The molecule has 96 valence electrons. The standard InChI is InChI=1S/C14H18N2O2/c1-2-3-6-11(10-16(17)18)13-9-15-14-8-5-4-7-12(13)14/h4-5,7-9,11,15H,2-3,6,10H2,1H3. The van der Waals surface area contributed by atoms with Crippen LogP contribution in [0.4, 0.5) is 0 Å². The molecule has 2 rings (SSSR count). The van der Waals surface area contributed by atoms with Gasteiger partial charge in [-0.2, -0.15) is 0 Å². The van der Waals surface area contributed by atoms with E-state index in [1.165, 1.54) is 0 Å². The molecular formula is C14H18N2O2. The molecule has 4 nitrogen and oxygen atoms in total. The number of nitro groups is 1. The molecule has 1 N–H and O–H groups in total. The van der Waals surface area contributed by atoms with E-state index in [4.69, 9.17) is 0 Å². The molecule has 0 bridgehead atoms. The molecule has 2 aromatic rings. The second-order valence-corrected chi connectivity index (χ2v) is 4.64. The summed E-state index contributed by atoms with van der Waals surface area (Å²) in [6.07, 6.45) is 4.89. The Labute approximate surface area is 106 Å². The number of hydrogen-bond donors (Lipinski definition) is 1. The van der Waals surface area contributed by atoms with Crippen LogP contribution < -0.4 is 0 Å². The second-order valence-electron chi connectivity index (χ2n) is 4.64. The number of H-pyrrole nitrogens is 1. The van der Waals surface area contributed by atoms with Gasteiger partial charge in [-0.15, -0.1) is 0 Å². The van der Waals surface area contributed by atoms with E-state index in [9.17, 15) is 10.1 Å². The minimum atomic E-state index is -0.206. The van der Waals surface area contributed by atoms with E-state index in [1.54, 1.807) is 0 Å². The summed E-state index contributed by atoms with van der Waals surface area (Å²) in [5.74, 6) is 0.0103. The zero-order valence-corrected chi connectivity index (χ0v) is 10.6. The Morgan fingerprint density at radius 1 is 1.39 bits per heavy atom. The topological polar surface area (TPSA) is 58.9 Å². The monoisotopic (exact) mass is 246 g/mol. The van der Waals surface area contributed by atoms with Crippen LogP contribution in [0.2, 0.25) is 0 Å². The quantitative estimate of drug-likeness (QED) is 0.623. The number of benzene rings is 1. The van der Waals surface area contributed by atoms with Gasteiger partial charge in [0.1, 0.15) is 0 Å².